The maximum Gasteiger partial charge on any atom is 0.304 e. The second-order valence-corrected chi connectivity index (χ2v) is 5.41. The van der Waals surface area contributed by atoms with Crippen LogP contribution in [0.3, 0.4) is 0 Å². The molecule has 5 nitrogen and oxygen atoms in total. The number of aliphatic carboxylic acids is 1. The Morgan fingerprint density at radius 1 is 1.42 bits per heavy atom. The van der Waals surface area contributed by atoms with Crippen molar-refractivity contribution >= 4 is 5.97 Å². The Hall–Kier alpha value is -1.62. The van der Waals surface area contributed by atoms with Gasteiger partial charge in [0.2, 0.25) is 5.88 Å². The second-order valence-electron chi connectivity index (χ2n) is 5.41. The highest BCUT2D eigenvalue weighted by atomic mass is 16.5. The van der Waals surface area contributed by atoms with E-state index in [1.807, 2.05) is 12.1 Å². The van der Waals surface area contributed by atoms with Gasteiger partial charge in [-0.25, -0.2) is 4.98 Å². The summed E-state index contributed by atoms with van der Waals surface area (Å²) in [7, 11) is 1.58. The lowest BCUT2D eigenvalue weighted by atomic mass is 10.1. The molecular formula is C14H22N2O3. The van der Waals surface area contributed by atoms with Gasteiger partial charge in [0, 0.05) is 24.7 Å². The zero-order valence-electron chi connectivity index (χ0n) is 12.0. The van der Waals surface area contributed by atoms with Gasteiger partial charge in [-0.2, -0.15) is 0 Å². The van der Waals surface area contributed by atoms with Gasteiger partial charge in [-0.15, -0.1) is 0 Å². The molecule has 0 spiro atoms. The van der Waals surface area contributed by atoms with Gasteiger partial charge in [0.1, 0.15) is 0 Å². The third kappa shape index (κ3) is 5.26. The Bertz CT molecular complexity index is 427. The van der Waals surface area contributed by atoms with Crippen molar-refractivity contribution in [1.29, 1.82) is 0 Å². The largest absolute Gasteiger partial charge is 0.481 e. The minimum absolute atomic E-state index is 0.111. The molecule has 0 radical (unpaired) electrons. The van der Waals surface area contributed by atoms with Crippen LogP contribution in [0.1, 0.15) is 32.9 Å². The van der Waals surface area contributed by atoms with Gasteiger partial charge in [0.15, 0.2) is 0 Å². The van der Waals surface area contributed by atoms with Crippen molar-refractivity contribution in [2.45, 2.75) is 39.3 Å². The number of aromatic nitrogens is 1. The standard InChI is InChI=1S/C14H22N2O3/c1-14(2,3)16(9-8-13(17)18)10-11-6-5-7-12(15-11)19-4/h5-7H,8-10H2,1-4H3,(H,17,18). The molecule has 1 heterocycles. The van der Waals surface area contributed by atoms with Gasteiger partial charge in [-0.05, 0) is 26.8 Å². The maximum absolute atomic E-state index is 10.7. The van der Waals surface area contributed by atoms with Crippen LogP contribution in [0.5, 0.6) is 5.88 Å². The summed E-state index contributed by atoms with van der Waals surface area (Å²) in [4.78, 5) is 17.2. The molecule has 0 aromatic carbocycles. The zero-order valence-corrected chi connectivity index (χ0v) is 12.0. The van der Waals surface area contributed by atoms with E-state index in [0.717, 1.165) is 5.69 Å². The molecule has 0 aliphatic rings. The first-order valence-corrected chi connectivity index (χ1v) is 6.29. The van der Waals surface area contributed by atoms with Crippen LogP contribution < -0.4 is 4.74 Å². The van der Waals surface area contributed by atoms with E-state index in [4.69, 9.17) is 9.84 Å². The number of rotatable bonds is 6. The van der Waals surface area contributed by atoms with Crippen LogP contribution >= 0.6 is 0 Å². The molecule has 1 rings (SSSR count). The topological polar surface area (TPSA) is 62.7 Å². The number of pyridine rings is 1. The molecule has 0 bridgehead atoms. The molecule has 0 amide bonds. The van der Waals surface area contributed by atoms with Crippen molar-refractivity contribution in [2.75, 3.05) is 13.7 Å². The number of ether oxygens (including phenoxy) is 1. The number of carboxylic acid groups (broad SMARTS) is 1. The molecule has 1 aromatic rings. The summed E-state index contributed by atoms with van der Waals surface area (Å²) in [5, 5.41) is 8.81. The van der Waals surface area contributed by atoms with Crippen LogP contribution in [0, 0.1) is 0 Å². The minimum Gasteiger partial charge on any atom is -0.481 e. The van der Waals surface area contributed by atoms with Gasteiger partial charge in [-0.3, -0.25) is 9.69 Å². The Morgan fingerprint density at radius 3 is 2.63 bits per heavy atom. The molecule has 0 unspecified atom stereocenters. The van der Waals surface area contributed by atoms with Crippen molar-refractivity contribution in [1.82, 2.24) is 9.88 Å². The van der Waals surface area contributed by atoms with Crippen LogP contribution in [0.25, 0.3) is 0 Å². The fraction of sp³-hybridized carbons (Fsp3) is 0.571. The maximum atomic E-state index is 10.7. The Labute approximate surface area is 114 Å². The normalized spacial score (nSPS) is 11.6. The molecule has 0 aliphatic heterocycles. The lowest BCUT2D eigenvalue weighted by Crippen LogP contribution is -2.42. The summed E-state index contributed by atoms with van der Waals surface area (Å²) < 4.78 is 5.10. The second kappa shape index (κ2) is 6.52. The number of methoxy groups -OCH3 is 1. The van der Waals surface area contributed by atoms with Crippen molar-refractivity contribution in [3.05, 3.63) is 23.9 Å². The van der Waals surface area contributed by atoms with Crippen LogP contribution in [-0.2, 0) is 11.3 Å². The third-order valence-electron chi connectivity index (χ3n) is 2.89. The van der Waals surface area contributed by atoms with E-state index in [2.05, 4.69) is 30.7 Å². The molecule has 5 heteroatoms. The molecule has 0 fully saturated rings. The van der Waals surface area contributed by atoms with E-state index >= 15 is 0 Å². The lowest BCUT2D eigenvalue weighted by molar-refractivity contribution is -0.137. The van der Waals surface area contributed by atoms with Crippen LogP contribution in [0.2, 0.25) is 0 Å². The van der Waals surface area contributed by atoms with Crippen molar-refractivity contribution in [3.63, 3.8) is 0 Å². The molecule has 0 saturated carbocycles. The van der Waals surface area contributed by atoms with E-state index in [0.29, 0.717) is 19.0 Å². The average Bonchev–Trinajstić information content (AvgIpc) is 2.33. The van der Waals surface area contributed by atoms with E-state index in [9.17, 15) is 4.79 Å². The van der Waals surface area contributed by atoms with E-state index < -0.39 is 5.97 Å². The SMILES string of the molecule is COc1cccc(CN(CCC(=O)O)C(C)(C)C)n1. The Balaban J connectivity index is 2.78. The smallest absolute Gasteiger partial charge is 0.304 e. The predicted octanol–water partition coefficient (Wildman–Crippen LogP) is 2.17. The Morgan fingerprint density at radius 2 is 2.11 bits per heavy atom. The molecule has 106 valence electrons. The molecular weight excluding hydrogens is 244 g/mol. The molecule has 19 heavy (non-hydrogen) atoms. The third-order valence-corrected chi connectivity index (χ3v) is 2.89. The molecule has 0 atom stereocenters. The van der Waals surface area contributed by atoms with E-state index in [1.54, 1.807) is 13.2 Å². The highest BCUT2D eigenvalue weighted by Crippen LogP contribution is 2.18. The number of hydrogen-bond donors (Lipinski definition) is 1. The summed E-state index contributed by atoms with van der Waals surface area (Å²) in [6.45, 7) is 7.30. The van der Waals surface area contributed by atoms with Gasteiger partial charge in [0.05, 0.1) is 19.2 Å². The quantitative estimate of drug-likeness (QED) is 0.855. The van der Waals surface area contributed by atoms with Crippen LogP contribution in [0.4, 0.5) is 0 Å². The fourth-order valence-electron chi connectivity index (χ4n) is 1.74. The van der Waals surface area contributed by atoms with Crippen LogP contribution in [-0.4, -0.2) is 40.2 Å². The first-order chi connectivity index (χ1) is 8.82. The van der Waals surface area contributed by atoms with Crippen molar-refractivity contribution < 1.29 is 14.6 Å². The predicted molar refractivity (Wildman–Crippen MR) is 73.2 cm³/mol. The number of carboxylic acids is 1. The summed E-state index contributed by atoms with van der Waals surface area (Å²) >= 11 is 0. The highest BCUT2D eigenvalue weighted by molar-refractivity contribution is 5.66. The summed E-state index contributed by atoms with van der Waals surface area (Å²) in [6.07, 6.45) is 0.126. The molecule has 0 aliphatic carbocycles. The first-order valence-electron chi connectivity index (χ1n) is 6.29. The number of nitrogens with zero attached hydrogens (tertiary/aromatic N) is 2. The van der Waals surface area contributed by atoms with Gasteiger partial charge < -0.3 is 9.84 Å². The zero-order chi connectivity index (χ0) is 14.5. The summed E-state index contributed by atoms with van der Waals surface area (Å²) in [5.41, 5.74) is 0.764. The minimum atomic E-state index is -0.784. The van der Waals surface area contributed by atoms with Gasteiger partial charge in [0.25, 0.3) is 0 Å². The van der Waals surface area contributed by atoms with Crippen molar-refractivity contribution in [2.24, 2.45) is 0 Å². The lowest BCUT2D eigenvalue weighted by Gasteiger charge is -2.35. The average molecular weight is 266 g/mol. The van der Waals surface area contributed by atoms with E-state index in [1.165, 1.54) is 0 Å². The first kappa shape index (κ1) is 15.4. The van der Waals surface area contributed by atoms with Gasteiger partial charge in [-0.1, -0.05) is 6.07 Å². The summed E-state index contributed by atoms with van der Waals surface area (Å²) in [5.74, 6) is -0.211. The Kier molecular flexibility index (Phi) is 5.30. The number of hydrogen-bond acceptors (Lipinski definition) is 4. The van der Waals surface area contributed by atoms with Gasteiger partial charge >= 0.3 is 5.97 Å². The summed E-state index contributed by atoms with van der Waals surface area (Å²) in [6, 6.07) is 5.60. The highest BCUT2D eigenvalue weighted by Gasteiger charge is 2.22. The van der Waals surface area contributed by atoms with E-state index in [-0.39, 0.29) is 12.0 Å². The number of carbonyl (C=O) groups is 1. The molecule has 0 saturated heterocycles. The molecule has 1 N–H and O–H groups in total. The fourth-order valence-corrected chi connectivity index (χ4v) is 1.74. The molecule has 1 aromatic heterocycles. The van der Waals surface area contributed by atoms with Crippen molar-refractivity contribution in [3.8, 4) is 5.88 Å². The monoisotopic (exact) mass is 266 g/mol. The van der Waals surface area contributed by atoms with Crippen LogP contribution in [0.15, 0.2) is 18.2 Å².